The minimum atomic E-state index is -0.316. The van der Waals surface area contributed by atoms with Gasteiger partial charge >= 0.3 is 0 Å². The van der Waals surface area contributed by atoms with Crippen molar-refractivity contribution < 1.29 is 13.7 Å². The number of halogens is 1. The molecule has 0 radical (unpaired) electrons. The number of amides is 1. The first kappa shape index (κ1) is 16.7. The van der Waals surface area contributed by atoms with Crippen molar-refractivity contribution in [1.29, 1.82) is 0 Å². The Morgan fingerprint density at radius 2 is 2.08 bits per heavy atom. The Labute approximate surface area is 150 Å². The first-order chi connectivity index (χ1) is 12.5. The van der Waals surface area contributed by atoms with Gasteiger partial charge in [-0.15, -0.1) is 0 Å². The van der Waals surface area contributed by atoms with E-state index in [1.165, 1.54) is 12.1 Å². The van der Waals surface area contributed by atoms with Crippen LogP contribution in [0, 0.1) is 18.7 Å². The molecule has 1 aromatic carbocycles. The maximum absolute atomic E-state index is 13.2. The van der Waals surface area contributed by atoms with E-state index >= 15 is 0 Å². The lowest BCUT2D eigenvalue weighted by Gasteiger charge is -2.31. The minimum absolute atomic E-state index is 0.0291. The molecule has 134 valence electrons. The fourth-order valence-electron chi connectivity index (χ4n) is 3.58. The summed E-state index contributed by atoms with van der Waals surface area (Å²) in [6.07, 6.45) is 2.15. The van der Waals surface area contributed by atoms with Gasteiger partial charge in [0.1, 0.15) is 5.82 Å². The zero-order chi connectivity index (χ0) is 18.3. The standard InChI is InChI=1S/C20H20FN3O2/c1-12-4-3-9-24(11-12)20(25)16-10-17(14-5-7-15(21)8-6-14)22-19-18(16)13(2)23-26-19/h5-8,10,12H,3-4,9,11H2,1-2H3/t12-/m1/s1. The molecule has 3 heterocycles. The highest BCUT2D eigenvalue weighted by atomic mass is 19.1. The molecule has 0 N–H and O–H groups in total. The topological polar surface area (TPSA) is 59.2 Å². The van der Waals surface area contributed by atoms with Crippen LogP contribution in [0.15, 0.2) is 34.9 Å². The number of hydrogen-bond donors (Lipinski definition) is 0. The number of piperidine rings is 1. The fraction of sp³-hybridized carbons (Fsp3) is 0.350. The molecule has 2 aromatic heterocycles. The van der Waals surface area contributed by atoms with Crippen LogP contribution < -0.4 is 0 Å². The van der Waals surface area contributed by atoms with Crippen LogP contribution in [0.4, 0.5) is 4.39 Å². The smallest absolute Gasteiger partial charge is 0.259 e. The summed E-state index contributed by atoms with van der Waals surface area (Å²) in [5, 5.41) is 4.63. The van der Waals surface area contributed by atoms with Gasteiger partial charge in [-0.2, -0.15) is 0 Å². The summed E-state index contributed by atoms with van der Waals surface area (Å²) in [7, 11) is 0. The fourth-order valence-corrected chi connectivity index (χ4v) is 3.58. The first-order valence-corrected chi connectivity index (χ1v) is 8.85. The second kappa shape index (κ2) is 6.52. The lowest BCUT2D eigenvalue weighted by Crippen LogP contribution is -2.39. The van der Waals surface area contributed by atoms with Crippen LogP contribution in [-0.2, 0) is 0 Å². The van der Waals surface area contributed by atoms with Crippen molar-refractivity contribution in [2.45, 2.75) is 26.7 Å². The number of carbonyl (C=O) groups excluding carboxylic acids is 1. The molecule has 1 amide bonds. The summed E-state index contributed by atoms with van der Waals surface area (Å²) in [6, 6.07) is 7.80. The lowest BCUT2D eigenvalue weighted by atomic mass is 9.98. The molecular weight excluding hydrogens is 333 g/mol. The zero-order valence-electron chi connectivity index (χ0n) is 14.8. The van der Waals surface area contributed by atoms with Crippen LogP contribution in [0.3, 0.4) is 0 Å². The Hall–Kier alpha value is -2.76. The molecular formula is C20H20FN3O2. The summed E-state index contributed by atoms with van der Waals surface area (Å²) < 4.78 is 18.6. The number of likely N-dealkylation sites (tertiary alicyclic amines) is 1. The second-order valence-electron chi connectivity index (χ2n) is 7.01. The van der Waals surface area contributed by atoms with Gasteiger partial charge in [-0.25, -0.2) is 9.37 Å². The number of carbonyl (C=O) groups is 1. The van der Waals surface area contributed by atoms with E-state index in [1.54, 1.807) is 25.1 Å². The lowest BCUT2D eigenvalue weighted by molar-refractivity contribution is 0.0685. The Morgan fingerprint density at radius 3 is 2.81 bits per heavy atom. The second-order valence-corrected chi connectivity index (χ2v) is 7.01. The van der Waals surface area contributed by atoms with Gasteiger partial charge in [-0.1, -0.05) is 12.1 Å². The zero-order valence-corrected chi connectivity index (χ0v) is 14.8. The van der Waals surface area contributed by atoms with E-state index in [0.29, 0.717) is 34.0 Å². The van der Waals surface area contributed by atoms with E-state index in [0.717, 1.165) is 31.5 Å². The van der Waals surface area contributed by atoms with Crippen LogP contribution in [0.1, 0.15) is 35.8 Å². The number of aryl methyl sites for hydroxylation is 1. The number of fused-ring (bicyclic) bond motifs is 1. The molecule has 0 aliphatic carbocycles. The summed E-state index contributed by atoms with van der Waals surface area (Å²) in [5.74, 6) is 0.146. The predicted octanol–water partition coefficient (Wildman–Crippen LogP) is 4.21. The van der Waals surface area contributed by atoms with Crippen molar-refractivity contribution in [3.8, 4) is 11.3 Å². The monoisotopic (exact) mass is 353 g/mol. The highest BCUT2D eigenvalue weighted by molar-refractivity contribution is 6.07. The normalized spacial score (nSPS) is 17.7. The van der Waals surface area contributed by atoms with Gasteiger partial charge in [-0.3, -0.25) is 4.79 Å². The minimum Gasteiger partial charge on any atom is -0.338 e. The highest BCUT2D eigenvalue weighted by Crippen LogP contribution is 2.29. The molecule has 4 rings (SSSR count). The van der Waals surface area contributed by atoms with Crippen molar-refractivity contribution >= 4 is 17.0 Å². The molecule has 6 heteroatoms. The first-order valence-electron chi connectivity index (χ1n) is 8.85. The molecule has 1 aliphatic heterocycles. The summed E-state index contributed by atoms with van der Waals surface area (Å²) >= 11 is 0. The van der Waals surface area contributed by atoms with Gasteiger partial charge in [0, 0.05) is 18.7 Å². The maximum Gasteiger partial charge on any atom is 0.259 e. The predicted molar refractivity (Wildman–Crippen MR) is 96.2 cm³/mol. The Kier molecular flexibility index (Phi) is 4.18. The van der Waals surface area contributed by atoms with Gasteiger partial charge in [0.15, 0.2) is 0 Å². The number of benzene rings is 1. The van der Waals surface area contributed by atoms with E-state index in [2.05, 4.69) is 17.1 Å². The SMILES string of the molecule is Cc1noc2nc(-c3ccc(F)cc3)cc(C(=O)N3CCC[C@@H](C)C3)c12. The molecule has 1 aliphatic rings. The highest BCUT2D eigenvalue weighted by Gasteiger charge is 2.26. The molecule has 0 unspecified atom stereocenters. The van der Waals surface area contributed by atoms with E-state index < -0.39 is 0 Å². The third kappa shape index (κ3) is 2.96. The summed E-state index contributed by atoms with van der Waals surface area (Å²) in [6.45, 7) is 5.47. The van der Waals surface area contributed by atoms with Crippen molar-refractivity contribution in [3.05, 3.63) is 47.4 Å². The molecule has 5 nitrogen and oxygen atoms in total. The molecule has 3 aromatic rings. The molecule has 1 fully saturated rings. The van der Waals surface area contributed by atoms with Crippen LogP contribution in [-0.4, -0.2) is 34.0 Å². The number of pyridine rings is 1. The van der Waals surface area contributed by atoms with E-state index in [-0.39, 0.29) is 11.7 Å². The van der Waals surface area contributed by atoms with Crippen molar-refractivity contribution in [1.82, 2.24) is 15.0 Å². The van der Waals surface area contributed by atoms with Crippen molar-refractivity contribution in [2.24, 2.45) is 5.92 Å². The molecule has 26 heavy (non-hydrogen) atoms. The van der Waals surface area contributed by atoms with Gasteiger partial charge in [-0.05, 0) is 56.0 Å². The molecule has 0 bridgehead atoms. The molecule has 0 saturated carbocycles. The Morgan fingerprint density at radius 1 is 1.31 bits per heavy atom. The third-order valence-corrected chi connectivity index (χ3v) is 4.93. The van der Waals surface area contributed by atoms with Crippen LogP contribution in [0.2, 0.25) is 0 Å². The molecule has 1 atom stereocenters. The average molecular weight is 353 g/mol. The van der Waals surface area contributed by atoms with E-state index in [1.807, 2.05) is 4.90 Å². The van der Waals surface area contributed by atoms with Crippen LogP contribution >= 0.6 is 0 Å². The van der Waals surface area contributed by atoms with Gasteiger partial charge in [0.05, 0.1) is 22.3 Å². The van der Waals surface area contributed by atoms with Crippen molar-refractivity contribution in [3.63, 3.8) is 0 Å². The largest absolute Gasteiger partial charge is 0.338 e. The van der Waals surface area contributed by atoms with Gasteiger partial charge in [0.25, 0.3) is 11.6 Å². The molecule has 0 spiro atoms. The number of rotatable bonds is 2. The van der Waals surface area contributed by atoms with E-state index in [9.17, 15) is 9.18 Å². The molecule has 1 saturated heterocycles. The number of nitrogens with zero attached hydrogens (tertiary/aromatic N) is 3. The van der Waals surface area contributed by atoms with Crippen molar-refractivity contribution in [2.75, 3.05) is 13.1 Å². The Balaban J connectivity index is 1.82. The Bertz CT molecular complexity index is 965. The third-order valence-electron chi connectivity index (χ3n) is 4.93. The van der Waals surface area contributed by atoms with Crippen LogP contribution in [0.5, 0.6) is 0 Å². The van der Waals surface area contributed by atoms with Gasteiger partial charge < -0.3 is 9.42 Å². The van der Waals surface area contributed by atoms with Gasteiger partial charge in [0.2, 0.25) is 0 Å². The quantitative estimate of drug-likeness (QED) is 0.692. The summed E-state index contributed by atoms with van der Waals surface area (Å²) in [5.41, 5.74) is 2.82. The maximum atomic E-state index is 13.2. The summed E-state index contributed by atoms with van der Waals surface area (Å²) in [4.78, 5) is 19.6. The van der Waals surface area contributed by atoms with E-state index in [4.69, 9.17) is 4.52 Å². The number of hydrogen-bond acceptors (Lipinski definition) is 4. The van der Waals surface area contributed by atoms with Crippen LogP contribution in [0.25, 0.3) is 22.4 Å². The average Bonchev–Trinajstić information content (AvgIpc) is 3.02. The number of aromatic nitrogens is 2.